The molecule has 5 nitrogen and oxygen atoms in total. The summed E-state index contributed by atoms with van der Waals surface area (Å²) in [5.41, 5.74) is 3.35. The Bertz CT molecular complexity index is 1080. The van der Waals surface area contributed by atoms with Crippen LogP contribution in [0.5, 0.6) is 0 Å². The van der Waals surface area contributed by atoms with Gasteiger partial charge in [0.25, 0.3) is 5.91 Å². The Hall–Kier alpha value is -2.96. The molecule has 0 spiro atoms. The Balaban J connectivity index is 1.30. The first-order valence-electron chi connectivity index (χ1n) is 11.3. The molecule has 1 heterocycles. The van der Waals surface area contributed by atoms with Crippen LogP contribution >= 0.6 is 15.9 Å². The molecule has 1 fully saturated rings. The molecule has 2 N–H and O–H groups in total. The molecule has 1 saturated heterocycles. The summed E-state index contributed by atoms with van der Waals surface area (Å²) in [5, 5.41) is 5.95. The average molecular weight is 506 g/mol. The third-order valence-electron chi connectivity index (χ3n) is 6.00. The average Bonchev–Trinajstić information content (AvgIpc) is 2.85. The molecular formula is C27H28BrN3O2. The first-order valence-corrected chi connectivity index (χ1v) is 12.1. The van der Waals surface area contributed by atoms with Crippen molar-refractivity contribution >= 4 is 33.4 Å². The van der Waals surface area contributed by atoms with Gasteiger partial charge in [0.1, 0.15) is 0 Å². The number of rotatable bonds is 7. The van der Waals surface area contributed by atoms with Crippen molar-refractivity contribution < 1.29 is 9.59 Å². The number of carbonyl (C=O) groups is 2. The van der Waals surface area contributed by atoms with E-state index in [9.17, 15) is 9.59 Å². The highest BCUT2D eigenvalue weighted by Gasteiger charge is 2.26. The van der Waals surface area contributed by atoms with Crippen LogP contribution in [0.1, 0.15) is 34.3 Å². The summed E-state index contributed by atoms with van der Waals surface area (Å²) in [4.78, 5) is 28.1. The van der Waals surface area contributed by atoms with Crippen molar-refractivity contribution in [2.45, 2.75) is 25.9 Å². The van der Waals surface area contributed by atoms with Gasteiger partial charge in [0.15, 0.2) is 0 Å². The minimum Gasteiger partial charge on any atom is -0.348 e. The van der Waals surface area contributed by atoms with Gasteiger partial charge in [-0.3, -0.25) is 14.5 Å². The molecule has 2 amide bonds. The maximum Gasteiger partial charge on any atom is 0.253 e. The number of amides is 2. The predicted molar refractivity (Wildman–Crippen MR) is 135 cm³/mol. The molecule has 0 unspecified atom stereocenters. The minimum absolute atomic E-state index is 0.0124. The normalized spacial score (nSPS) is 14.6. The molecule has 4 rings (SSSR count). The highest BCUT2D eigenvalue weighted by atomic mass is 79.9. The van der Waals surface area contributed by atoms with Crippen molar-refractivity contribution in [3.8, 4) is 0 Å². The van der Waals surface area contributed by atoms with Crippen molar-refractivity contribution in [2.75, 3.05) is 18.4 Å². The van der Waals surface area contributed by atoms with Gasteiger partial charge in [-0.05, 0) is 61.3 Å². The van der Waals surface area contributed by atoms with E-state index < -0.39 is 0 Å². The Morgan fingerprint density at radius 1 is 0.848 bits per heavy atom. The van der Waals surface area contributed by atoms with Crippen LogP contribution < -0.4 is 10.6 Å². The minimum atomic E-state index is -0.195. The van der Waals surface area contributed by atoms with Crippen molar-refractivity contribution in [3.63, 3.8) is 0 Å². The lowest BCUT2D eigenvalue weighted by Crippen LogP contribution is -2.38. The zero-order chi connectivity index (χ0) is 23.0. The molecule has 3 aromatic rings. The zero-order valence-electron chi connectivity index (χ0n) is 18.5. The topological polar surface area (TPSA) is 61.4 Å². The van der Waals surface area contributed by atoms with E-state index in [0.29, 0.717) is 17.8 Å². The number of carbonyl (C=O) groups excluding carboxylic acids is 2. The number of para-hydroxylation sites is 1. The summed E-state index contributed by atoms with van der Waals surface area (Å²) < 4.78 is 1.08. The summed E-state index contributed by atoms with van der Waals surface area (Å²) in [6, 6.07) is 25.3. The van der Waals surface area contributed by atoms with Crippen molar-refractivity contribution in [1.82, 2.24) is 10.2 Å². The van der Waals surface area contributed by atoms with Gasteiger partial charge in [-0.15, -0.1) is 0 Å². The molecule has 0 radical (unpaired) electrons. The Morgan fingerprint density at radius 2 is 1.52 bits per heavy atom. The van der Waals surface area contributed by atoms with E-state index >= 15 is 0 Å². The Kier molecular flexibility index (Phi) is 7.92. The second-order valence-electron chi connectivity index (χ2n) is 8.38. The quantitative estimate of drug-likeness (QED) is 0.462. The number of piperidine rings is 1. The standard InChI is InChI=1S/C27H28BrN3O2/c28-23-12-10-21(11-13-23)19-31-16-14-22(15-17-31)26(32)30-25-9-5-4-8-24(25)27(33)29-18-20-6-2-1-3-7-20/h1-13,22H,14-19H2,(H,29,33)(H,30,32). The van der Waals surface area contributed by atoms with Crippen LogP contribution in [-0.4, -0.2) is 29.8 Å². The van der Waals surface area contributed by atoms with Gasteiger partial charge < -0.3 is 10.6 Å². The summed E-state index contributed by atoms with van der Waals surface area (Å²) in [6.07, 6.45) is 1.62. The van der Waals surface area contributed by atoms with Crippen LogP contribution in [0, 0.1) is 5.92 Å². The van der Waals surface area contributed by atoms with E-state index in [1.165, 1.54) is 5.56 Å². The molecule has 0 atom stereocenters. The third kappa shape index (κ3) is 6.53. The SMILES string of the molecule is O=C(NCc1ccccc1)c1ccccc1NC(=O)C1CCN(Cc2ccc(Br)cc2)CC1. The number of likely N-dealkylation sites (tertiary alicyclic amines) is 1. The fourth-order valence-electron chi connectivity index (χ4n) is 4.10. The number of benzene rings is 3. The molecule has 0 bridgehead atoms. The van der Waals surface area contributed by atoms with Crippen LogP contribution in [0.3, 0.4) is 0 Å². The molecule has 1 aliphatic rings. The monoisotopic (exact) mass is 505 g/mol. The number of hydrogen-bond donors (Lipinski definition) is 2. The second kappa shape index (κ2) is 11.3. The van der Waals surface area contributed by atoms with Gasteiger partial charge >= 0.3 is 0 Å². The van der Waals surface area contributed by atoms with Gasteiger partial charge in [-0.2, -0.15) is 0 Å². The molecule has 3 aromatic carbocycles. The van der Waals surface area contributed by atoms with Crippen molar-refractivity contribution in [3.05, 3.63) is 100 Å². The van der Waals surface area contributed by atoms with Gasteiger partial charge in [0.05, 0.1) is 11.3 Å². The fourth-order valence-corrected chi connectivity index (χ4v) is 4.36. The van der Waals surface area contributed by atoms with Gasteiger partial charge in [0, 0.05) is 23.5 Å². The van der Waals surface area contributed by atoms with Crippen molar-refractivity contribution in [2.24, 2.45) is 5.92 Å². The van der Waals surface area contributed by atoms with Crippen LogP contribution in [0.25, 0.3) is 0 Å². The first kappa shape index (κ1) is 23.2. The number of hydrogen-bond acceptors (Lipinski definition) is 3. The number of halogens is 1. The molecule has 33 heavy (non-hydrogen) atoms. The fraction of sp³-hybridized carbons (Fsp3) is 0.259. The zero-order valence-corrected chi connectivity index (χ0v) is 20.1. The van der Waals surface area contributed by atoms with E-state index in [4.69, 9.17) is 0 Å². The maximum atomic E-state index is 13.0. The van der Waals surface area contributed by atoms with Crippen LogP contribution in [-0.2, 0) is 17.9 Å². The summed E-state index contributed by atoms with van der Waals surface area (Å²) in [6.45, 7) is 3.10. The predicted octanol–water partition coefficient (Wildman–Crippen LogP) is 5.23. The molecule has 0 aliphatic carbocycles. The lowest BCUT2D eigenvalue weighted by atomic mass is 9.95. The van der Waals surface area contributed by atoms with Crippen LogP contribution in [0.4, 0.5) is 5.69 Å². The number of nitrogens with zero attached hydrogens (tertiary/aromatic N) is 1. The highest BCUT2D eigenvalue weighted by Crippen LogP contribution is 2.23. The molecule has 1 aliphatic heterocycles. The van der Waals surface area contributed by atoms with E-state index in [-0.39, 0.29) is 17.7 Å². The highest BCUT2D eigenvalue weighted by molar-refractivity contribution is 9.10. The first-order chi connectivity index (χ1) is 16.1. The van der Waals surface area contributed by atoms with Gasteiger partial charge in [-0.1, -0.05) is 70.5 Å². The number of anilines is 1. The molecule has 6 heteroatoms. The van der Waals surface area contributed by atoms with Gasteiger partial charge in [-0.25, -0.2) is 0 Å². The molecule has 0 saturated carbocycles. The third-order valence-corrected chi connectivity index (χ3v) is 6.53. The van der Waals surface area contributed by atoms with E-state index in [2.05, 4.69) is 55.7 Å². The Labute approximate surface area is 203 Å². The maximum absolute atomic E-state index is 13.0. The van der Waals surface area contributed by atoms with Crippen molar-refractivity contribution in [1.29, 1.82) is 0 Å². The molecule has 170 valence electrons. The van der Waals surface area contributed by atoms with Gasteiger partial charge in [0.2, 0.25) is 5.91 Å². The largest absolute Gasteiger partial charge is 0.348 e. The summed E-state index contributed by atoms with van der Waals surface area (Å²) >= 11 is 3.47. The second-order valence-corrected chi connectivity index (χ2v) is 9.30. The van der Waals surface area contributed by atoms with E-state index in [1.807, 2.05) is 42.5 Å². The van der Waals surface area contributed by atoms with Crippen LogP contribution in [0.2, 0.25) is 0 Å². The van der Waals surface area contributed by atoms with E-state index in [1.54, 1.807) is 12.1 Å². The summed E-state index contributed by atoms with van der Waals surface area (Å²) in [5.74, 6) is -0.257. The lowest BCUT2D eigenvalue weighted by Gasteiger charge is -2.31. The molecule has 0 aromatic heterocycles. The smallest absolute Gasteiger partial charge is 0.253 e. The summed E-state index contributed by atoms with van der Waals surface area (Å²) in [7, 11) is 0. The van der Waals surface area contributed by atoms with Crippen LogP contribution in [0.15, 0.2) is 83.3 Å². The molecular weight excluding hydrogens is 478 g/mol. The Morgan fingerprint density at radius 3 is 2.24 bits per heavy atom. The lowest BCUT2D eigenvalue weighted by molar-refractivity contribution is -0.121. The van der Waals surface area contributed by atoms with E-state index in [0.717, 1.165) is 42.5 Å². The number of nitrogens with one attached hydrogen (secondary N) is 2.